The summed E-state index contributed by atoms with van der Waals surface area (Å²) >= 11 is 0. The van der Waals surface area contributed by atoms with Gasteiger partial charge in [-0.3, -0.25) is 15.1 Å². The minimum absolute atomic E-state index is 0.640. The molecule has 0 bridgehead atoms. The predicted molar refractivity (Wildman–Crippen MR) is 136 cm³/mol. The van der Waals surface area contributed by atoms with E-state index in [1.165, 1.54) is 0 Å². The average molecular weight is 435 g/mol. The molecule has 0 aromatic carbocycles. The van der Waals surface area contributed by atoms with Gasteiger partial charge in [-0.1, -0.05) is 31.4 Å². The molecule has 0 radical (unpaired) electrons. The van der Waals surface area contributed by atoms with Gasteiger partial charge in [-0.2, -0.15) is 5.10 Å². The lowest BCUT2D eigenvalue weighted by Crippen LogP contribution is -2.02. The Morgan fingerprint density at radius 2 is 1.91 bits per heavy atom. The summed E-state index contributed by atoms with van der Waals surface area (Å²) in [5.74, 6) is 0. The second-order valence-corrected chi connectivity index (χ2v) is 7.65. The molecular weight excluding hydrogens is 408 g/mol. The molecule has 0 fully saturated rings. The number of hydrogen-bond donors (Lipinski definition) is 2. The van der Waals surface area contributed by atoms with Crippen LogP contribution in [0.1, 0.15) is 30.7 Å². The van der Waals surface area contributed by atoms with Crippen LogP contribution in [0.25, 0.3) is 33.6 Å². The van der Waals surface area contributed by atoms with E-state index in [-0.39, 0.29) is 0 Å². The second kappa shape index (κ2) is 9.44. The summed E-state index contributed by atoms with van der Waals surface area (Å²) in [5, 5.41) is 11.8. The van der Waals surface area contributed by atoms with Gasteiger partial charge in [0.1, 0.15) is 0 Å². The van der Waals surface area contributed by atoms with E-state index in [4.69, 9.17) is 0 Å². The first-order valence-electron chi connectivity index (χ1n) is 10.7. The molecule has 4 heterocycles. The zero-order valence-corrected chi connectivity index (χ0v) is 19.1. The number of aromatic nitrogens is 5. The van der Waals surface area contributed by atoms with Crippen molar-refractivity contribution < 1.29 is 0 Å². The molecule has 0 amide bonds. The molecule has 4 aromatic rings. The maximum absolute atomic E-state index is 4.55. The van der Waals surface area contributed by atoms with Gasteiger partial charge in [0.25, 0.3) is 0 Å². The van der Waals surface area contributed by atoms with Crippen LogP contribution >= 0.6 is 0 Å². The van der Waals surface area contributed by atoms with Crippen LogP contribution in [0.15, 0.2) is 86.0 Å². The van der Waals surface area contributed by atoms with Crippen molar-refractivity contribution in [3.8, 4) is 11.3 Å². The van der Waals surface area contributed by atoms with Gasteiger partial charge in [-0.25, -0.2) is 4.98 Å². The van der Waals surface area contributed by atoms with Crippen molar-refractivity contribution in [2.75, 3.05) is 5.32 Å². The Morgan fingerprint density at radius 1 is 1.12 bits per heavy atom. The van der Waals surface area contributed by atoms with Gasteiger partial charge in [0.2, 0.25) is 0 Å². The van der Waals surface area contributed by atoms with Crippen molar-refractivity contribution in [1.82, 2.24) is 25.1 Å². The molecule has 4 rings (SSSR count). The predicted octanol–water partition coefficient (Wildman–Crippen LogP) is 6.34. The number of rotatable bonds is 7. The van der Waals surface area contributed by atoms with E-state index in [0.717, 1.165) is 50.3 Å². The molecule has 0 aliphatic heterocycles. The molecule has 0 saturated carbocycles. The van der Waals surface area contributed by atoms with E-state index in [0.29, 0.717) is 11.3 Å². The minimum Gasteiger partial charge on any atom is -0.354 e. The molecule has 2 N–H and O–H groups in total. The molecule has 6 nitrogen and oxygen atoms in total. The van der Waals surface area contributed by atoms with E-state index in [1.807, 2.05) is 44.3 Å². The van der Waals surface area contributed by atoms with Crippen molar-refractivity contribution in [2.45, 2.75) is 20.8 Å². The van der Waals surface area contributed by atoms with Crippen molar-refractivity contribution in [3.05, 3.63) is 103 Å². The smallest absolute Gasteiger partial charge is 0.181 e. The Balaban J connectivity index is 1.69. The van der Waals surface area contributed by atoms with Gasteiger partial charge < -0.3 is 5.32 Å². The fraction of sp³-hybridized carbons (Fsp3) is 0.111. The van der Waals surface area contributed by atoms with Gasteiger partial charge >= 0.3 is 0 Å². The molecule has 4 aromatic heterocycles. The Morgan fingerprint density at radius 3 is 2.64 bits per heavy atom. The van der Waals surface area contributed by atoms with Crippen LogP contribution < -0.4 is 5.32 Å². The summed E-state index contributed by atoms with van der Waals surface area (Å²) < 4.78 is 0. The molecule has 164 valence electrons. The maximum Gasteiger partial charge on any atom is 0.181 e. The third-order valence-corrected chi connectivity index (χ3v) is 5.55. The summed E-state index contributed by atoms with van der Waals surface area (Å²) in [6.07, 6.45) is 13.0. The fourth-order valence-electron chi connectivity index (χ4n) is 3.86. The summed E-state index contributed by atoms with van der Waals surface area (Å²) in [6, 6.07) is 7.93. The molecular formula is C27H26N6. The summed E-state index contributed by atoms with van der Waals surface area (Å²) in [4.78, 5) is 13.2. The molecule has 33 heavy (non-hydrogen) atoms. The lowest BCUT2D eigenvalue weighted by atomic mass is 9.99. The molecule has 0 saturated heterocycles. The first-order valence-corrected chi connectivity index (χ1v) is 10.7. The number of nitrogens with one attached hydrogen (secondary N) is 2. The summed E-state index contributed by atoms with van der Waals surface area (Å²) in [7, 11) is 0. The number of H-pyrrole nitrogens is 1. The maximum atomic E-state index is 4.55. The van der Waals surface area contributed by atoms with E-state index in [2.05, 4.69) is 62.7 Å². The number of fused-ring (bicyclic) bond motifs is 1. The number of aromatic amines is 1. The molecule has 0 aliphatic carbocycles. The summed E-state index contributed by atoms with van der Waals surface area (Å²) in [5.41, 5.74) is 9.22. The Labute approximate surface area is 193 Å². The molecule has 6 heteroatoms. The van der Waals surface area contributed by atoms with Crippen LogP contribution in [0.2, 0.25) is 0 Å². The Bertz CT molecular complexity index is 1390. The van der Waals surface area contributed by atoms with Crippen LogP contribution in [-0.2, 0) is 0 Å². The number of hydrogen-bond acceptors (Lipinski definition) is 5. The first kappa shape index (κ1) is 21.9. The van der Waals surface area contributed by atoms with Crippen LogP contribution in [-0.4, -0.2) is 25.1 Å². The van der Waals surface area contributed by atoms with Crippen molar-refractivity contribution >= 4 is 28.0 Å². The van der Waals surface area contributed by atoms with E-state index >= 15 is 0 Å². The lowest BCUT2D eigenvalue weighted by molar-refractivity contribution is 1.08. The third kappa shape index (κ3) is 4.36. The van der Waals surface area contributed by atoms with E-state index in [9.17, 15) is 0 Å². The normalized spacial score (nSPS) is 12.1. The van der Waals surface area contributed by atoms with Crippen LogP contribution in [0.5, 0.6) is 0 Å². The highest BCUT2D eigenvalue weighted by Gasteiger charge is 2.14. The summed E-state index contributed by atoms with van der Waals surface area (Å²) in [6.45, 7) is 14.2. The highest BCUT2D eigenvalue weighted by molar-refractivity contribution is 5.94. The number of allylic oxidation sites excluding steroid dienone is 5. The second-order valence-electron chi connectivity index (χ2n) is 7.65. The lowest BCUT2D eigenvalue weighted by Gasteiger charge is -2.14. The molecule has 0 aliphatic rings. The SMILES string of the molecule is C=C/C=C(C)\C(=C/C)c1cnc2n[nH]c(C(=C)Nc3ccnc(-c4ccncc4)c3C)c2c1. The van der Waals surface area contributed by atoms with E-state index in [1.54, 1.807) is 24.7 Å². The average Bonchev–Trinajstić information content (AvgIpc) is 3.25. The van der Waals surface area contributed by atoms with Crippen molar-refractivity contribution in [2.24, 2.45) is 0 Å². The van der Waals surface area contributed by atoms with Crippen LogP contribution in [0.4, 0.5) is 5.69 Å². The number of nitrogens with zero attached hydrogens (tertiary/aromatic N) is 4. The quantitative estimate of drug-likeness (QED) is 0.332. The van der Waals surface area contributed by atoms with Gasteiger partial charge in [0.15, 0.2) is 5.65 Å². The monoisotopic (exact) mass is 434 g/mol. The van der Waals surface area contributed by atoms with Gasteiger partial charge in [0, 0.05) is 47.0 Å². The largest absolute Gasteiger partial charge is 0.354 e. The van der Waals surface area contributed by atoms with Crippen molar-refractivity contribution in [1.29, 1.82) is 0 Å². The van der Waals surface area contributed by atoms with Crippen LogP contribution in [0, 0.1) is 6.92 Å². The molecule has 0 spiro atoms. The standard InChI is InChI=1S/C27H26N6/c1-6-8-17(3)22(7-2)21-15-23-26(32-33-27(23)30-16-21)19(5)31-24-11-14-29-25(18(24)4)20-9-12-28-13-10-20/h6-16H,1,5H2,2-4H3,(H,29,31)(H,30,32,33)/b17-8-,22-7+. The highest BCUT2D eigenvalue weighted by Crippen LogP contribution is 2.31. The van der Waals surface area contributed by atoms with E-state index < -0.39 is 0 Å². The number of anilines is 1. The van der Waals surface area contributed by atoms with Crippen LogP contribution in [0.3, 0.4) is 0 Å². The zero-order chi connectivity index (χ0) is 23.4. The van der Waals surface area contributed by atoms with Gasteiger partial charge in [-0.15, -0.1) is 0 Å². The first-order chi connectivity index (χ1) is 16.0. The topological polar surface area (TPSA) is 79.4 Å². The molecule has 0 atom stereocenters. The van der Waals surface area contributed by atoms with Gasteiger partial charge in [0.05, 0.1) is 17.1 Å². The Kier molecular flexibility index (Phi) is 6.26. The Hall–Kier alpha value is -4.32. The third-order valence-electron chi connectivity index (χ3n) is 5.55. The highest BCUT2D eigenvalue weighted by atomic mass is 15.2. The minimum atomic E-state index is 0.640. The zero-order valence-electron chi connectivity index (χ0n) is 19.1. The number of pyridine rings is 3. The molecule has 0 unspecified atom stereocenters. The van der Waals surface area contributed by atoms with Crippen molar-refractivity contribution in [3.63, 3.8) is 0 Å². The fourth-order valence-corrected chi connectivity index (χ4v) is 3.86. The van der Waals surface area contributed by atoms with Gasteiger partial charge in [-0.05, 0) is 61.7 Å².